The summed E-state index contributed by atoms with van der Waals surface area (Å²) in [6.45, 7) is 3.96. The topological polar surface area (TPSA) is 108 Å². The molecule has 0 radical (unpaired) electrons. The van der Waals surface area contributed by atoms with Gasteiger partial charge in [0, 0.05) is 32.7 Å². The van der Waals surface area contributed by atoms with E-state index in [1.165, 1.54) is 0 Å². The molecule has 0 saturated carbocycles. The summed E-state index contributed by atoms with van der Waals surface area (Å²) >= 11 is 0. The van der Waals surface area contributed by atoms with Crippen molar-refractivity contribution in [2.75, 3.05) is 26.3 Å². The molecule has 4 N–H and O–H groups in total. The molecule has 7 nitrogen and oxygen atoms in total. The molecule has 0 aromatic heterocycles. The molecular weight excluding hydrogens is 240 g/mol. The van der Waals surface area contributed by atoms with Crippen LogP contribution in [0.25, 0.3) is 0 Å². The molecule has 0 spiro atoms. The predicted molar refractivity (Wildman–Crippen MR) is 65.4 cm³/mol. The van der Waals surface area contributed by atoms with E-state index < -0.39 is 12.1 Å². The van der Waals surface area contributed by atoms with E-state index in [9.17, 15) is 9.59 Å². The number of ether oxygens (including phenoxy) is 1. The molecular formula is C11H22N2O5. The summed E-state index contributed by atoms with van der Waals surface area (Å²) in [4.78, 5) is 21.5. The number of hydrogen-bond donors (Lipinski definition) is 4. The third kappa shape index (κ3) is 9.86. The van der Waals surface area contributed by atoms with Crippen LogP contribution in [0.3, 0.4) is 0 Å². The molecule has 7 heteroatoms. The molecule has 18 heavy (non-hydrogen) atoms. The van der Waals surface area contributed by atoms with Crippen molar-refractivity contribution in [2.45, 2.75) is 32.3 Å². The molecule has 106 valence electrons. The molecule has 0 saturated heterocycles. The predicted octanol–water partition coefficient (Wildman–Crippen LogP) is -0.0621. The number of aliphatic hydroxyl groups is 1. The number of aliphatic carboxylic acids is 1. The maximum atomic E-state index is 11.2. The van der Waals surface area contributed by atoms with Gasteiger partial charge < -0.3 is 25.6 Å². The van der Waals surface area contributed by atoms with E-state index in [2.05, 4.69) is 10.6 Å². The summed E-state index contributed by atoms with van der Waals surface area (Å²) in [5.74, 6) is -1.29. The number of carboxylic acids is 1. The Bertz CT molecular complexity index is 248. The van der Waals surface area contributed by atoms with E-state index in [1.807, 2.05) is 6.92 Å². The zero-order valence-electron chi connectivity index (χ0n) is 10.6. The Morgan fingerprint density at radius 1 is 1.22 bits per heavy atom. The number of hydrogen-bond acceptors (Lipinski definition) is 4. The summed E-state index contributed by atoms with van der Waals surface area (Å²) in [5, 5.41) is 22.4. The average Bonchev–Trinajstić information content (AvgIpc) is 2.33. The lowest BCUT2D eigenvalue weighted by atomic mass is 10.2. The number of aliphatic hydroxyl groups excluding tert-OH is 1. The number of carbonyl (C=O) groups excluding carboxylic acids is 1. The second-order valence-corrected chi connectivity index (χ2v) is 3.79. The van der Waals surface area contributed by atoms with E-state index in [0.717, 1.165) is 19.4 Å². The maximum Gasteiger partial charge on any atom is 0.332 e. The summed E-state index contributed by atoms with van der Waals surface area (Å²) in [6.07, 6.45) is 0.251. The molecule has 0 bridgehead atoms. The van der Waals surface area contributed by atoms with Gasteiger partial charge in [0.2, 0.25) is 0 Å². The molecule has 1 atom stereocenters. The first-order chi connectivity index (χ1) is 8.57. The monoisotopic (exact) mass is 262 g/mol. The van der Waals surface area contributed by atoms with Crippen LogP contribution < -0.4 is 10.6 Å². The van der Waals surface area contributed by atoms with Gasteiger partial charge in [0.05, 0.1) is 0 Å². The Hall–Kier alpha value is -1.34. The highest BCUT2D eigenvalue weighted by Crippen LogP contribution is 1.89. The molecule has 0 aliphatic heterocycles. The van der Waals surface area contributed by atoms with Crippen LogP contribution in [0.5, 0.6) is 0 Å². The second-order valence-electron chi connectivity index (χ2n) is 3.79. The normalized spacial score (nSPS) is 11.9. The largest absolute Gasteiger partial charge is 0.479 e. The Balaban J connectivity index is 3.35. The summed E-state index contributed by atoms with van der Waals surface area (Å²) in [5.41, 5.74) is 0. The first-order valence-corrected chi connectivity index (χ1v) is 6.08. The second kappa shape index (κ2) is 10.8. The first kappa shape index (κ1) is 16.7. The highest BCUT2D eigenvalue weighted by molar-refractivity contribution is 5.74. The van der Waals surface area contributed by atoms with Crippen molar-refractivity contribution in [3.63, 3.8) is 0 Å². The highest BCUT2D eigenvalue weighted by Gasteiger charge is 2.12. The van der Waals surface area contributed by atoms with Crippen LogP contribution in [0.2, 0.25) is 0 Å². The van der Waals surface area contributed by atoms with Gasteiger partial charge in [-0.1, -0.05) is 6.92 Å². The zero-order chi connectivity index (χ0) is 13.8. The Morgan fingerprint density at radius 3 is 2.50 bits per heavy atom. The molecule has 0 aliphatic carbocycles. The molecule has 2 amide bonds. The van der Waals surface area contributed by atoms with Crippen molar-refractivity contribution >= 4 is 12.0 Å². The van der Waals surface area contributed by atoms with Gasteiger partial charge in [0.1, 0.15) is 0 Å². The smallest absolute Gasteiger partial charge is 0.332 e. The van der Waals surface area contributed by atoms with Gasteiger partial charge >= 0.3 is 12.0 Å². The minimum Gasteiger partial charge on any atom is -0.479 e. The van der Waals surface area contributed by atoms with Crippen LogP contribution >= 0.6 is 0 Å². The van der Waals surface area contributed by atoms with Crippen LogP contribution in [0.15, 0.2) is 0 Å². The first-order valence-electron chi connectivity index (χ1n) is 6.08. The molecule has 0 aromatic carbocycles. The third-order valence-corrected chi connectivity index (χ3v) is 2.09. The molecule has 0 unspecified atom stereocenters. The number of amides is 2. The van der Waals surface area contributed by atoms with E-state index >= 15 is 0 Å². The van der Waals surface area contributed by atoms with Crippen LogP contribution in [0.1, 0.15) is 26.2 Å². The van der Waals surface area contributed by atoms with Crippen molar-refractivity contribution in [1.82, 2.24) is 10.6 Å². The fraction of sp³-hybridized carbons (Fsp3) is 0.818. The Morgan fingerprint density at radius 2 is 1.89 bits per heavy atom. The minimum absolute atomic E-state index is 0.0115. The van der Waals surface area contributed by atoms with Crippen molar-refractivity contribution in [3.05, 3.63) is 0 Å². The molecule has 0 rings (SSSR count). The molecule has 0 fully saturated rings. The molecule has 0 heterocycles. The average molecular weight is 262 g/mol. The quantitative estimate of drug-likeness (QED) is 0.412. The van der Waals surface area contributed by atoms with Gasteiger partial charge in [-0.05, 0) is 12.8 Å². The zero-order valence-corrected chi connectivity index (χ0v) is 10.6. The number of carboxylic acid groups (broad SMARTS) is 1. The SMILES string of the molecule is CCCOCCCNC(=O)NCC[C@H](O)C(=O)O. The van der Waals surface area contributed by atoms with E-state index in [4.69, 9.17) is 14.9 Å². The molecule has 0 aromatic rings. The number of rotatable bonds is 10. The van der Waals surface area contributed by atoms with Gasteiger partial charge in [0.15, 0.2) is 6.10 Å². The standard InChI is InChI=1S/C11H22N2O5/c1-2-7-18-8-3-5-12-11(17)13-6-4-9(14)10(15)16/h9,14H,2-8H2,1H3,(H,15,16)(H2,12,13,17)/t9-/m0/s1. The van der Waals surface area contributed by atoms with Crippen molar-refractivity contribution in [1.29, 1.82) is 0 Å². The van der Waals surface area contributed by atoms with E-state index in [1.54, 1.807) is 0 Å². The van der Waals surface area contributed by atoms with Crippen LogP contribution in [0, 0.1) is 0 Å². The van der Waals surface area contributed by atoms with E-state index in [0.29, 0.717) is 13.2 Å². The van der Waals surface area contributed by atoms with Crippen molar-refractivity contribution in [2.24, 2.45) is 0 Å². The lowest BCUT2D eigenvalue weighted by Gasteiger charge is -2.09. The summed E-state index contributed by atoms with van der Waals surface area (Å²) < 4.78 is 5.23. The van der Waals surface area contributed by atoms with Gasteiger partial charge in [0.25, 0.3) is 0 Å². The minimum atomic E-state index is -1.44. The Labute approximate surface area is 107 Å². The summed E-state index contributed by atoms with van der Waals surface area (Å²) in [7, 11) is 0. The fourth-order valence-corrected chi connectivity index (χ4v) is 1.13. The van der Waals surface area contributed by atoms with Gasteiger partial charge in [-0.15, -0.1) is 0 Å². The number of urea groups is 1. The van der Waals surface area contributed by atoms with Gasteiger partial charge in [-0.25, -0.2) is 9.59 Å². The van der Waals surface area contributed by atoms with Crippen LogP contribution in [-0.4, -0.2) is 54.6 Å². The van der Waals surface area contributed by atoms with Gasteiger partial charge in [-0.2, -0.15) is 0 Å². The lowest BCUT2D eigenvalue weighted by molar-refractivity contribution is -0.146. The fourth-order valence-electron chi connectivity index (χ4n) is 1.13. The maximum absolute atomic E-state index is 11.2. The highest BCUT2D eigenvalue weighted by atomic mass is 16.5. The number of nitrogens with one attached hydrogen (secondary N) is 2. The van der Waals surface area contributed by atoms with Crippen molar-refractivity contribution in [3.8, 4) is 0 Å². The Kier molecular flexibility index (Phi) is 9.99. The van der Waals surface area contributed by atoms with Crippen LogP contribution in [-0.2, 0) is 9.53 Å². The van der Waals surface area contributed by atoms with Crippen molar-refractivity contribution < 1.29 is 24.5 Å². The molecule has 0 aliphatic rings. The third-order valence-electron chi connectivity index (χ3n) is 2.09. The van der Waals surface area contributed by atoms with Gasteiger partial charge in [-0.3, -0.25) is 0 Å². The lowest BCUT2D eigenvalue weighted by Crippen LogP contribution is -2.38. The number of carbonyl (C=O) groups is 2. The van der Waals surface area contributed by atoms with E-state index in [-0.39, 0.29) is 19.0 Å². The summed E-state index contributed by atoms with van der Waals surface area (Å²) in [6, 6.07) is -0.372. The van der Waals surface area contributed by atoms with Crippen LogP contribution in [0.4, 0.5) is 4.79 Å².